The number of aryl methyl sites for hydroxylation is 3. The van der Waals surface area contributed by atoms with Crippen molar-refractivity contribution in [1.82, 2.24) is 0 Å². The molecule has 0 aromatic heterocycles. The summed E-state index contributed by atoms with van der Waals surface area (Å²) in [4.78, 5) is 13.1. The van der Waals surface area contributed by atoms with E-state index < -0.39 is 0 Å². The molecule has 1 atom stereocenters. The van der Waals surface area contributed by atoms with Crippen molar-refractivity contribution in [2.24, 2.45) is 11.8 Å². The van der Waals surface area contributed by atoms with E-state index in [0.29, 0.717) is 25.0 Å². The van der Waals surface area contributed by atoms with E-state index in [4.69, 9.17) is 9.47 Å². The molecule has 2 aromatic rings. The Kier molecular flexibility index (Phi) is 8.07. The smallest absolute Gasteiger partial charge is 0.186 e. The van der Waals surface area contributed by atoms with Crippen LogP contribution >= 0.6 is 8.58 Å². The van der Waals surface area contributed by atoms with Gasteiger partial charge >= 0.3 is 0 Å². The second-order valence-electron chi connectivity index (χ2n) is 8.30. The van der Waals surface area contributed by atoms with Crippen LogP contribution in [-0.4, -0.2) is 18.7 Å². The zero-order chi connectivity index (χ0) is 20.8. The van der Waals surface area contributed by atoms with Crippen LogP contribution in [0.25, 0.3) is 0 Å². The molecule has 2 aromatic carbocycles. The van der Waals surface area contributed by atoms with Crippen LogP contribution in [0.1, 0.15) is 54.7 Å². The van der Waals surface area contributed by atoms with Gasteiger partial charge in [-0.25, -0.2) is 0 Å². The first-order valence-corrected chi connectivity index (χ1v) is 11.0. The van der Waals surface area contributed by atoms with Crippen LogP contribution in [0, 0.1) is 32.6 Å². The first kappa shape index (κ1) is 22.4. The van der Waals surface area contributed by atoms with Crippen LogP contribution in [-0.2, 0) is 0 Å². The van der Waals surface area contributed by atoms with Gasteiger partial charge in [0.2, 0.25) is 0 Å². The number of hydrogen-bond donors (Lipinski definition) is 0. The Morgan fingerprint density at radius 2 is 1.46 bits per heavy atom. The molecule has 152 valence electrons. The van der Waals surface area contributed by atoms with Crippen LogP contribution in [0.2, 0.25) is 0 Å². The van der Waals surface area contributed by atoms with Gasteiger partial charge in [0, 0.05) is 16.9 Å². The summed E-state index contributed by atoms with van der Waals surface area (Å²) < 4.78 is 11.9. The van der Waals surface area contributed by atoms with Crippen LogP contribution in [0.5, 0.6) is 11.5 Å². The molecule has 0 bridgehead atoms. The predicted molar refractivity (Wildman–Crippen MR) is 120 cm³/mol. The Hall–Kier alpha value is -1.86. The van der Waals surface area contributed by atoms with Gasteiger partial charge in [-0.15, -0.1) is 0 Å². The van der Waals surface area contributed by atoms with Crippen molar-refractivity contribution in [3.05, 3.63) is 52.6 Å². The molecule has 0 saturated carbocycles. The van der Waals surface area contributed by atoms with Crippen molar-refractivity contribution >= 4 is 19.4 Å². The summed E-state index contributed by atoms with van der Waals surface area (Å²) >= 11 is 0. The van der Waals surface area contributed by atoms with Crippen molar-refractivity contribution in [2.75, 3.05) is 13.2 Å². The molecule has 0 heterocycles. The fraction of sp³-hybridized carbons (Fsp3) is 0.458. The highest BCUT2D eigenvalue weighted by Gasteiger charge is 2.17. The monoisotopic (exact) mass is 400 g/mol. The molecule has 0 radical (unpaired) electrons. The molecule has 28 heavy (non-hydrogen) atoms. The number of carbonyl (C=O) groups excluding carboxylic acids is 1. The second-order valence-corrected chi connectivity index (χ2v) is 9.54. The minimum Gasteiger partial charge on any atom is -0.493 e. The Morgan fingerprint density at radius 3 is 2.04 bits per heavy atom. The first-order chi connectivity index (χ1) is 13.2. The highest BCUT2D eigenvalue weighted by atomic mass is 31.1. The van der Waals surface area contributed by atoms with E-state index in [1.54, 1.807) is 0 Å². The molecule has 0 amide bonds. The van der Waals surface area contributed by atoms with E-state index in [2.05, 4.69) is 46.8 Å². The third kappa shape index (κ3) is 6.34. The van der Waals surface area contributed by atoms with E-state index in [1.807, 2.05) is 32.0 Å². The van der Waals surface area contributed by atoms with Crippen LogP contribution in [0.15, 0.2) is 30.3 Å². The lowest BCUT2D eigenvalue weighted by atomic mass is 10.0. The van der Waals surface area contributed by atoms with Crippen molar-refractivity contribution in [1.29, 1.82) is 0 Å². The van der Waals surface area contributed by atoms with Gasteiger partial charge in [-0.1, -0.05) is 45.4 Å². The molecule has 2 rings (SSSR count). The van der Waals surface area contributed by atoms with E-state index in [1.165, 1.54) is 5.56 Å². The largest absolute Gasteiger partial charge is 0.493 e. The summed E-state index contributed by atoms with van der Waals surface area (Å²) in [5.74, 6) is 2.41. The summed E-state index contributed by atoms with van der Waals surface area (Å²) in [6, 6.07) is 9.98. The van der Waals surface area contributed by atoms with Crippen molar-refractivity contribution < 1.29 is 14.3 Å². The number of rotatable bonds is 9. The minimum atomic E-state index is 0.0218. The Labute approximate surface area is 171 Å². The number of benzene rings is 2. The van der Waals surface area contributed by atoms with Crippen LogP contribution < -0.4 is 14.8 Å². The molecular formula is C24H33O3P. The predicted octanol–water partition coefficient (Wildman–Crippen LogP) is 5.83. The Bertz CT molecular complexity index is 802. The topological polar surface area (TPSA) is 35.5 Å². The third-order valence-electron chi connectivity index (χ3n) is 4.26. The average Bonchev–Trinajstić information content (AvgIpc) is 2.58. The van der Waals surface area contributed by atoms with Gasteiger partial charge < -0.3 is 9.47 Å². The van der Waals surface area contributed by atoms with Crippen molar-refractivity contribution in [3.8, 4) is 11.5 Å². The lowest BCUT2D eigenvalue weighted by Crippen LogP contribution is -2.13. The summed E-state index contributed by atoms with van der Waals surface area (Å²) in [5.41, 5.74) is 4.25. The molecule has 0 aliphatic rings. The van der Waals surface area contributed by atoms with Gasteiger partial charge in [0.05, 0.1) is 13.2 Å². The van der Waals surface area contributed by atoms with Gasteiger partial charge in [0.25, 0.3) is 0 Å². The summed E-state index contributed by atoms with van der Waals surface area (Å²) in [6.45, 7) is 15.8. The third-order valence-corrected chi connectivity index (χ3v) is 5.42. The van der Waals surface area contributed by atoms with E-state index in [9.17, 15) is 4.79 Å². The molecule has 4 heteroatoms. The molecule has 0 aliphatic heterocycles. The maximum atomic E-state index is 13.1. The fourth-order valence-electron chi connectivity index (χ4n) is 3.06. The normalized spacial score (nSPS) is 11.6. The zero-order valence-electron chi connectivity index (χ0n) is 18.2. The molecule has 1 unspecified atom stereocenters. The quantitative estimate of drug-likeness (QED) is 0.497. The molecule has 0 saturated heterocycles. The molecule has 0 aliphatic carbocycles. The van der Waals surface area contributed by atoms with Gasteiger partial charge in [0.1, 0.15) is 11.5 Å². The SMILES string of the molecule is Cc1cc(C)c(C(=O)Pc2ccc(OCC(C)C)cc2OCC(C)C)c(C)c1. The summed E-state index contributed by atoms with van der Waals surface area (Å²) in [7, 11) is 0.0218. The van der Waals surface area contributed by atoms with Gasteiger partial charge in [0.15, 0.2) is 5.52 Å². The van der Waals surface area contributed by atoms with Gasteiger partial charge in [-0.2, -0.15) is 0 Å². The number of hydrogen-bond acceptors (Lipinski definition) is 3. The highest BCUT2D eigenvalue weighted by Crippen LogP contribution is 2.30. The van der Waals surface area contributed by atoms with Gasteiger partial charge in [-0.05, 0) is 64.4 Å². The summed E-state index contributed by atoms with van der Waals surface area (Å²) in [5, 5.41) is 0.932. The van der Waals surface area contributed by atoms with Crippen molar-refractivity contribution in [2.45, 2.75) is 48.5 Å². The second kappa shape index (κ2) is 10.1. The molecule has 0 N–H and O–H groups in total. The lowest BCUT2D eigenvalue weighted by Gasteiger charge is -2.16. The zero-order valence-corrected chi connectivity index (χ0v) is 19.2. The molecule has 0 fully saturated rings. The number of ether oxygens (including phenoxy) is 2. The van der Waals surface area contributed by atoms with Crippen molar-refractivity contribution in [3.63, 3.8) is 0 Å². The van der Waals surface area contributed by atoms with E-state index in [-0.39, 0.29) is 14.1 Å². The maximum Gasteiger partial charge on any atom is 0.186 e. The molecular weight excluding hydrogens is 367 g/mol. The maximum absolute atomic E-state index is 13.1. The van der Waals surface area contributed by atoms with E-state index >= 15 is 0 Å². The van der Waals surface area contributed by atoms with Gasteiger partial charge in [-0.3, -0.25) is 4.79 Å². The summed E-state index contributed by atoms with van der Waals surface area (Å²) in [6.07, 6.45) is 0. The highest BCUT2D eigenvalue weighted by molar-refractivity contribution is 7.66. The molecule has 3 nitrogen and oxygen atoms in total. The lowest BCUT2D eigenvalue weighted by molar-refractivity contribution is 0.108. The minimum absolute atomic E-state index is 0.0218. The first-order valence-electron chi connectivity index (χ1n) is 9.96. The van der Waals surface area contributed by atoms with Crippen LogP contribution in [0.4, 0.5) is 0 Å². The average molecular weight is 400 g/mol. The Morgan fingerprint density at radius 1 is 0.893 bits per heavy atom. The fourth-order valence-corrected chi connectivity index (χ4v) is 4.26. The molecule has 0 spiro atoms. The number of carbonyl (C=O) groups is 1. The van der Waals surface area contributed by atoms with Crippen LogP contribution in [0.3, 0.4) is 0 Å². The Balaban J connectivity index is 2.28. The van der Waals surface area contributed by atoms with E-state index in [0.717, 1.165) is 33.5 Å². The standard InChI is InChI=1S/C24H33O3P/c1-15(2)13-26-20-8-9-22(21(12-20)27-14-16(3)4)28-24(25)23-18(6)10-17(5)11-19(23)7/h8-12,15-16,28H,13-14H2,1-7H3.